The van der Waals surface area contributed by atoms with Gasteiger partial charge in [-0.3, -0.25) is 4.79 Å². The van der Waals surface area contributed by atoms with Crippen LogP contribution in [0.2, 0.25) is 0 Å². The van der Waals surface area contributed by atoms with E-state index >= 15 is 0 Å². The van der Waals surface area contributed by atoms with Gasteiger partial charge in [-0.2, -0.15) is 5.21 Å². The van der Waals surface area contributed by atoms with Crippen LogP contribution in [0.1, 0.15) is 17.6 Å². The molecular weight excluding hydrogens is 384 g/mol. The summed E-state index contributed by atoms with van der Waals surface area (Å²) in [6.45, 7) is 1.61. The number of fused-ring (bicyclic) bond motifs is 1. The predicted molar refractivity (Wildman–Crippen MR) is 96.8 cm³/mol. The van der Waals surface area contributed by atoms with Crippen LogP contribution in [0.4, 0.5) is 0 Å². The Morgan fingerprint density at radius 2 is 2.25 bits per heavy atom. The largest absolute Gasteiger partial charge is 0.454 e. The van der Waals surface area contributed by atoms with E-state index in [0.29, 0.717) is 31.3 Å². The lowest BCUT2D eigenvalue weighted by Crippen LogP contribution is -2.43. The van der Waals surface area contributed by atoms with Crippen molar-refractivity contribution in [2.45, 2.75) is 12.5 Å². The summed E-state index contributed by atoms with van der Waals surface area (Å²) >= 11 is 1.50. The number of rotatable bonds is 4. The number of morpholine rings is 1. The van der Waals surface area contributed by atoms with E-state index in [1.54, 1.807) is 4.90 Å². The maximum atomic E-state index is 12.7. The minimum Gasteiger partial charge on any atom is -0.454 e. The van der Waals surface area contributed by atoms with Crippen molar-refractivity contribution in [1.82, 2.24) is 30.5 Å². The number of nitrogens with one attached hydrogen (secondary N) is 1. The van der Waals surface area contributed by atoms with Crippen LogP contribution in [0.3, 0.4) is 0 Å². The Balaban J connectivity index is 1.26. The molecule has 3 aromatic rings. The molecule has 2 aromatic heterocycles. The van der Waals surface area contributed by atoms with Crippen molar-refractivity contribution < 1.29 is 19.0 Å². The number of thiazole rings is 1. The van der Waals surface area contributed by atoms with Crippen molar-refractivity contribution in [2.75, 3.05) is 26.5 Å². The smallest absolute Gasteiger partial charge is 0.231 e. The summed E-state index contributed by atoms with van der Waals surface area (Å²) in [6, 6.07) is 5.72. The molecule has 0 radical (unpaired) electrons. The van der Waals surface area contributed by atoms with Crippen LogP contribution in [-0.4, -0.2) is 62.9 Å². The molecular formula is C17H16N6O4S. The highest BCUT2D eigenvalue weighted by atomic mass is 32.1. The standard InChI is InChI=1S/C17H16N6O4S/c24-15(23-3-4-25-14(7-23)16-19-21-22-20-16)6-11-8-28-17(18-11)10-1-2-12-13(5-10)27-9-26-12/h1-2,5,8,14H,3-4,6-7,9H2,(H,19,20,21,22). The molecule has 4 heterocycles. The van der Waals surface area contributed by atoms with E-state index in [4.69, 9.17) is 14.2 Å². The molecule has 1 N–H and O–H groups in total. The number of ether oxygens (including phenoxy) is 3. The number of aromatic nitrogens is 5. The van der Waals surface area contributed by atoms with Gasteiger partial charge in [-0.1, -0.05) is 5.21 Å². The number of tetrazole rings is 1. The van der Waals surface area contributed by atoms with Gasteiger partial charge in [0.05, 0.1) is 25.3 Å². The average Bonchev–Trinajstić information content (AvgIpc) is 3.48. The highest BCUT2D eigenvalue weighted by molar-refractivity contribution is 7.13. The van der Waals surface area contributed by atoms with E-state index in [1.807, 2.05) is 23.6 Å². The van der Waals surface area contributed by atoms with Gasteiger partial charge in [-0.05, 0) is 18.2 Å². The molecule has 2 aliphatic rings. The molecule has 1 unspecified atom stereocenters. The fourth-order valence-corrected chi connectivity index (χ4v) is 3.97. The molecule has 0 bridgehead atoms. The van der Waals surface area contributed by atoms with E-state index in [2.05, 4.69) is 25.6 Å². The van der Waals surface area contributed by atoms with Crippen LogP contribution >= 0.6 is 11.3 Å². The zero-order valence-corrected chi connectivity index (χ0v) is 15.5. The van der Waals surface area contributed by atoms with Gasteiger partial charge in [0, 0.05) is 17.5 Å². The Hall–Kier alpha value is -3.05. The molecule has 2 aliphatic heterocycles. The second kappa shape index (κ2) is 7.17. The summed E-state index contributed by atoms with van der Waals surface area (Å²) < 4.78 is 16.4. The quantitative estimate of drug-likeness (QED) is 0.695. The molecule has 11 heteroatoms. The van der Waals surface area contributed by atoms with E-state index < -0.39 is 0 Å². The SMILES string of the molecule is O=C(Cc1csc(-c2ccc3c(c2)OCO3)n1)N1CCOC(c2nn[nH]n2)C1. The first-order valence-electron chi connectivity index (χ1n) is 8.73. The lowest BCUT2D eigenvalue weighted by molar-refractivity contribution is -0.138. The fourth-order valence-electron chi connectivity index (χ4n) is 3.16. The second-order valence-electron chi connectivity index (χ2n) is 6.36. The fraction of sp³-hybridized carbons (Fsp3) is 0.353. The first kappa shape index (κ1) is 17.1. The van der Waals surface area contributed by atoms with Gasteiger partial charge in [0.1, 0.15) is 11.1 Å². The number of H-pyrrole nitrogens is 1. The van der Waals surface area contributed by atoms with Crippen molar-refractivity contribution in [3.8, 4) is 22.1 Å². The molecule has 144 valence electrons. The zero-order valence-electron chi connectivity index (χ0n) is 14.7. The first-order valence-corrected chi connectivity index (χ1v) is 9.61. The van der Waals surface area contributed by atoms with Gasteiger partial charge in [0.25, 0.3) is 0 Å². The van der Waals surface area contributed by atoms with Crippen LogP contribution in [0, 0.1) is 0 Å². The number of nitrogens with zero attached hydrogens (tertiary/aromatic N) is 5. The summed E-state index contributed by atoms with van der Waals surface area (Å²) in [7, 11) is 0. The molecule has 0 saturated carbocycles. The normalized spacial score (nSPS) is 18.4. The molecule has 1 aromatic carbocycles. The van der Waals surface area contributed by atoms with E-state index in [9.17, 15) is 4.79 Å². The third-order valence-electron chi connectivity index (χ3n) is 4.57. The molecule has 1 atom stereocenters. The molecule has 1 fully saturated rings. The van der Waals surface area contributed by atoms with E-state index in [-0.39, 0.29) is 25.2 Å². The summed E-state index contributed by atoms with van der Waals surface area (Å²) in [6.07, 6.45) is -0.129. The average molecular weight is 400 g/mol. The molecule has 10 nitrogen and oxygen atoms in total. The second-order valence-corrected chi connectivity index (χ2v) is 7.22. The number of benzene rings is 1. The first-order chi connectivity index (χ1) is 13.8. The topological polar surface area (TPSA) is 115 Å². The Morgan fingerprint density at radius 1 is 1.32 bits per heavy atom. The number of aromatic amines is 1. The van der Waals surface area contributed by atoms with Crippen molar-refractivity contribution in [1.29, 1.82) is 0 Å². The summed E-state index contributed by atoms with van der Waals surface area (Å²) in [5.41, 5.74) is 1.68. The minimum atomic E-state index is -0.365. The predicted octanol–water partition coefficient (Wildman–Crippen LogP) is 1.19. The summed E-state index contributed by atoms with van der Waals surface area (Å²) in [5.74, 6) is 1.90. The highest BCUT2D eigenvalue weighted by Gasteiger charge is 2.28. The molecule has 1 amide bonds. The van der Waals surface area contributed by atoms with Gasteiger partial charge in [-0.15, -0.1) is 21.5 Å². The van der Waals surface area contributed by atoms with Crippen molar-refractivity contribution in [3.05, 3.63) is 35.1 Å². The highest BCUT2D eigenvalue weighted by Crippen LogP contribution is 2.36. The third kappa shape index (κ3) is 3.29. The lowest BCUT2D eigenvalue weighted by atomic mass is 10.2. The zero-order chi connectivity index (χ0) is 18.9. The third-order valence-corrected chi connectivity index (χ3v) is 5.51. The number of amides is 1. The monoisotopic (exact) mass is 400 g/mol. The number of hydrogen-bond donors (Lipinski definition) is 1. The van der Waals surface area contributed by atoms with Gasteiger partial charge in [-0.25, -0.2) is 4.98 Å². The van der Waals surface area contributed by atoms with Gasteiger partial charge in [0.15, 0.2) is 11.5 Å². The maximum absolute atomic E-state index is 12.7. The van der Waals surface area contributed by atoms with Crippen molar-refractivity contribution >= 4 is 17.2 Å². The molecule has 1 saturated heterocycles. The lowest BCUT2D eigenvalue weighted by Gasteiger charge is -2.31. The molecule has 5 rings (SSSR count). The minimum absolute atomic E-state index is 0.000619. The van der Waals surface area contributed by atoms with Crippen LogP contribution in [0.5, 0.6) is 11.5 Å². The molecule has 28 heavy (non-hydrogen) atoms. The maximum Gasteiger partial charge on any atom is 0.231 e. The van der Waals surface area contributed by atoms with Crippen LogP contribution in [-0.2, 0) is 16.0 Å². The number of carbonyl (C=O) groups is 1. The van der Waals surface area contributed by atoms with E-state index in [1.165, 1.54) is 11.3 Å². The number of hydrogen-bond acceptors (Lipinski definition) is 9. The van der Waals surface area contributed by atoms with Gasteiger partial charge in [0.2, 0.25) is 18.5 Å². The van der Waals surface area contributed by atoms with Gasteiger partial charge >= 0.3 is 0 Å². The molecule has 0 spiro atoms. The van der Waals surface area contributed by atoms with Crippen LogP contribution in [0.25, 0.3) is 10.6 Å². The van der Waals surface area contributed by atoms with Crippen molar-refractivity contribution in [3.63, 3.8) is 0 Å². The van der Waals surface area contributed by atoms with Crippen LogP contribution in [0.15, 0.2) is 23.6 Å². The Morgan fingerprint density at radius 3 is 3.14 bits per heavy atom. The van der Waals surface area contributed by atoms with E-state index in [0.717, 1.165) is 22.0 Å². The van der Waals surface area contributed by atoms with Crippen molar-refractivity contribution in [2.24, 2.45) is 0 Å². The summed E-state index contributed by atoms with van der Waals surface area (Å²) in [5, 5.41) is 16.6. The Kier molecular flexibility index (Phi) is 4.37. The van der Waals surface area contributed by atoms with Gasteiger partial charge < -0.3 is 19.1 Å². The van der Waals surface area contributed by atoms with Crippen LogP contribution < -0.4 is 9.47 Å². The Bertz CT molecular complexity index is 991. The number of carbonyl (C=O) groups excluding carboxylic acids is 1. The molecule has 0 aliphatic carbocycles. The summed E-state index contributed by atoms with van der Waals surface area (Å²) in [4.78, 5) is 19.1. The Labute approximate surface area is 163 Å².